The van der Waals surface area contributed by atoms with Gasteiger partial charge in [-0.05, 0) is 31.2 Å². The molecule has 2 rings (SSSR count). The lowest BCUT2D eigenvalue weighted by Gasteiger charge is -2.10. The predicted molar refractivity (Wildman–Crippen MR) is 89.6 cm³/mol. The fourth-order valence-electron chi connectivity index (χ4n) is 1.87. The number of nitrogen functional groups attached to an aromatic ring is 1. The maximum Gasteiger partial charge on any atom is 0.194 e. The molecule has 2 aromatic rings. The van der Waals surface area contributed by atoms with Crippen molar-refractivity contribution < 1.29 is 9.53 Å². The van der Waals surface area contributed by atoms with Gasteiger partial charge >= 0.3 is 0 Å². The number of anilines is 1. The van der Waals surface area contributed by atoms with Crippen molar-refractivity contribution in [3.8, 4) is 5.75 Å². The van der Waals surface area contributed by atoms with E-state index in [0.717, 1.165) is 4.47 Å². The van der Waals surface area contributed by atoms with Crippen molar-refractivity contribution in [1.82, 2.24) is 0 Å². The number of hydrogen-bond acceptors (Lipinski definition) is 3. The average Bonchev–Trinajstić information content (AvgIpc) is 2.41. The number of ether oxygens (including phenoxy) is 1. The van der Waals surface area contributed by atoms with Crippen LogP contribution in [-0.4, -0.2) is 12.4 Å². The number of carbonyl (C=O) groups is 1. The number of nitrogens with two attached hydrogens (primary N) is 1. The quantitative estimate of drug-likeness (QED) is 0.594. The largest absolute Gasteiger partial charge is 0.492 e. The minimum absolute atomic E-state index is 0.252. The predicted octanol–water partition coefficient (Wildman–Crippen LogP) is 4.97. The van der Waals surface area contributed by atoms with E-state index in [1.165, 1.54) is 6.07 Å². The molecule has 3 nitrogen and oxygen atoms in total. The van der Waals surface area contributed by atoms with Crippen LogP contribution in [0, 0.1) is 0 Å². The van der Waals surface area contributed by atoms with Crippen LogP contribution in [0.1, 0.15) is 22.8 Å². The molecule has 0 heterocycles. The van der Waals surface area contributed by atoms with Crippen molar-refractivity contribution in [2.24, 2.45) is 0 Å². The molecule has 2 N–H and O–H groups in total. The van der Waals surface area contributed by atoms with Crippen molar-refractivity contribution in [2.45, 2.75) is 6.92 Å². The molecule has 0 bridgehead atoms. The van der Waals surface area contributed by atoms with E-state index < -0.39 is 0 Å². The fourth-order valence-corrected chi connectivity index (χ4v) is 2.84. The van der Waals surface area contributed by atoms with Gasteiger partial charge in [0.15, 0.2) is 5.78 Å². The van der Waals surface area contributed by atoms with Crippen LogP contribution in [0.25, 0.3) is 0 Å². The third-order valence-corrected chi connectivity index (χ3v) is 3.81. The van der Waals surface area contributed by atoms with E-state index >= 15 is 0 Å². The second-order valence-electron chi connectivity index (χ2n) is 4.30. The Morgan fingerprint density at radius 3 is 2.52 bits per heavy atom. The maximum atomic E-state index is 12.5. The van der Waals surface area contributed by atoms with E-state index in [1.54, 1.807) is 24.3 Å². The highest BCUT2D eigenvalue weighted by molar-refractivity contribution is 9.10. The first-order chi connectivity index (χ1) is 9.92. The molecular formula is C15H12BrCl2NO2. The molecule has 6 heteroatoms. The number of hydrogen-bond donors (Lipinski definition) is 1. The maximum absolute atomic E-state index is 12.5. The first kappa shape index (κ1) is 16.1. The second kappa shape index (κ2) is 6.69. The van der Waals surface area contributed by atoms with Gasteiger partial charge in [-0.2, -0.15) is 0 Å². The molecular weight excluding hydrogens is 377 g/mol. The minimum Gasteiger partial charge on any atom is -0.492 e. The molecule has 0 aromatic heterocycles. The summed E-state index contributed by atoms with van der Waals surface area (Å²) < 4.78 is 6.06. The zero-order valence-corrected chi connectivity index (χ0v) is 14.2. The van der Waals surface area contributed by atoms with E-state index in [2.05, 4.69) is 15.9 Å². The van der Waals surface area contributed by atoms with Gasteiger partial charge in [-0.1, -0.05) is 39.1 Å². The van der Waals surface area contributed by atoms with E-state index in [9.17, 15) is 4.79 Å². The summed E-state index contributed by atoms with van der Waals surface area (Å²) in [5.74, 6) is 0.201. The van der Waals surface area contributed by atoms with Crippen molar-refractivity contribution in [2.75, 3.05) is 12.3 Å². The summed E-state index contributed by atoms with van der Waals surface area (Å²) >= 11 is 15.6. The van der Waals surface area contributed by atoms with Gasteiger partial charge in [0, 0.05) is 27.4 Å². The summed E-state index contributed by atoms with van der Waals surface area (Å²) in [4.78, 5) is 12.5. The Morgan fingerprint density at radius 2 is 1.90 bits per heavy atom. The normalized spacial score (nSPS) is 10.5. The van der Waals surface area contributed by atoms with Gasteiger partial charge in [-0.15, -0.1) is 0 Å². The van der Waals surface area contributed by atoms with Crippen LogP contribution in [0.3, 0.4) is 0 Å². The first-order valence-electron chi connectivity index (χ1n) is 6.15. The molecule has 0 saturated heterocycles. The molecule has 0 atom stereocenters. The Balaban J connectivity index is 2.46. The highest BCUT2D eigenvalue weighted by atomic mass is 79.9. The Kier molecular flexibility index (Phi) is 5.14. The molecule has 0 unspecified atom stereocenters. The standard InChI is InChI=1S/C15H12BrCl2NO2/c1-2-21-14-7-12(17)11(6-13(14)18)15(20)8-3-9(16)5-10(19)4-8/h3-7H,2,19H2,1H3. The molecule has 0 spiro atoms. The van der Waals surface area contributed by atoms with Gasteiger partial charge in [0.25, 0.3) is 0 Å². The Labute approximate surface area is 141 Å². The second-order valence-corrected chi connectivity index (χ2v) is 6.03. The lowest BCUT2D eigenvalue weighted by molar-refractivity contribution is 0.103. The highest BCUT2D eigenvalue weighted by Crippen LogP contribution is 2.33. The summed E-state index contributed by atoms with van der Waals surface area (Å²) in [5.41, 5.74) is 6.97. The summed E-state index contributed by atoms with van der Waals surface area (Å²) in [5, 5.41) is 0.624. The van der Waals surface area contributed by atoms with Crippen molar-refractivity contribution in [1.29, 1.82) is 0 Å². The summed E-state index contributed by atoms with van der Waals surface area (Å²) in [6, 6.07) is 8.03. The molecule has 0 saturated carbocycles. The van der Waals surface area contributed by atoms with Crippen LogP contribution < -0.4 is 10.5 Å². The van der Waals surface area contributed by atoms with E-state index in [4.69, 9.17) is 33.7 Å². The molecule has 0 aliphatic rings. The Morgan fingerprint density at radius 1 is 1.19 bits per heavy atom. The minimum atomic E-state index is -0.252. The Hall–Kier alpha value is -1.23. The van der Waals surface area contributed by atoms with Crippen LogP contribution >= 0.6 is 39.1 Å². The lowest BCUT2D eigenvalue weighted by atomic mass is 10.0. The molecule has 0 fully saturated rings. The topological polar surface area (TPSA) is 52.3 Å². The lowest BCUT2D eigenvalue weighted by Crippen LogP contribution is -2.04. The van der Waals surface area contributed by atoms with E-state index in [0.29, 0.717) is 34.2 Å². The molecule has 0 aliphatic carbocycles. The monoisotopic (exact) mass is 387 g/mol. The van der Waals surface area contributed by atoms with Crippen molar-refractivity contribution >= 4 is 50.6 Å². The summed E-state index contributed by atoms with van der Waals surface area (Å²) in [7, 11) is 0. The van der Waals surface area contributed by atoms with Gasteiger partial charge in [0.1, 0.15) is 5.75 Å². The number of ketones is 1. The molecule has 2 aromatic carbocycles. The average molecular weight is 389 g/mol. The van der Waals surface area contributed by atoms with Crippen LogP contribution in [0.5, 0.6) is 5.75 Å². The van der Waals surface area contributed by atoms with Gasteiger partial charge in [0.2, 0.25) is 0 Å². The smallest absolute Gasteiger partial charge is 0.194 e. The van der Waals surface area contributed by atoms with Crippen LogP contribution in [0.4, 0.5) is 5.69 Å². The number of benzene rings is 2. The highest BCUT2D eigenvalue weighted by Gasteiger charge is 2.17. The molecule has 0 radical (unpaired) electrons. The molecule has 21 heavy (non-hydrogen) atoms. The number of rotatable bonds is 4. The molecule has 0 amide bonds. The van der Waals surface area contributed by atoms with Crippen molar-refractivity contribution in [3.05, 3.63) is 56.0 Å². The van der Waals surface area contributed by atoms with Gasteiger partial charge < -0.3 is 10.5 Å². The summed E-state index contributed by atoms with van der Waals surface area (Å²) in [6.07, 6.45) is 0. The molecule has 110 valence electrons. The SMILES string of the molecule is CCOc1cc(Cl)c(C(=O)c2cc(N)cc(Br)c2)cc1Cl. The third-order valence-electron chi connectivity index (χ3n) is 2.75. The number of halogens is 3. The zero-order chi connectivity index (χ0) is 15.6. The van der Waals surface area contributed by atoms with Crippen LogP contribution in [-0.2, 0) is 0 Å². The summed E-state index contributed by atoms with van der Waals surface area (Å²) in [6.45, 7) is 2.30. The fraction of sp³-hybridized carbons (Fsp3) is 0.133. The van der Waals surface area contributed by atoms with E-state index in [1.807, 2.05) is 6.92 Å². The number of carbonyl (C=O) groups excluding carboxylic acids is 1. The van der Waals surface area contributed by atoms with Crippen LogP contribution in [0.15, 0.2) is 34.8 Å². The zero-order valence-electron chi connectivity index (χ0n) is 11.1. The van der Waals surface area contributed by atoms with E-state index in [-0.39, 0.29) is 10.8 Å². The Bertz CT molecular complexity index is 684. The van der Waals surface area contributed by atoms with Crippen molar-refractivity contribution in [3.63, 3.8) is 0 Å². The first-order valence-corrected chi connectivity index (χ1v) is 7.70. The van der Waals surface area contributed by atoms with Gasteiger partial charge in [0.05, 0.1) is 16.7 Å². The molecule has 0 aliphatic heterocycles. The van der Waals surface area contributed by atoms with Gasteiger partial charge in [-0.25, -0.2) is 0 Å². The van der Waals surface area contributed by atoms with Crippen LogP contribution in [0.2, 0.25) is 10.0 Å². The third kappa shape index (κ3) is 3.70. The van der Waals surface area contributed by atoms with Gasteiger partial charge in [-0.3, -0.25) is 4.79 Å².